The number of amides is 1. The summed E-state index contributed by atoms with van der Waals surface area (Å²) in [6.45, 7) is 1.73. The molecule has 0 aliphatic rings. The van der Waals surface area contributed by atoms with Crippen LogP contribution in [0.15, 0.2) is 42.7 Å². The summed E-state index contributed by atoms with van der Waals surface area (Å²) < 4.78 is 0. The Labute approximate surface area is 121 Å². The Morgan fingerprint density at radius 3 is 2.55 bits per heavy atom. The minimum absolute atomic E-state index is 0.231. The molecule has 5 nitrogen and oxygen atoms in total. The van der Waals surface area contributed by atoms with E-state index in [4.69, 9.17) is 11.6 Å². The molecule has 0 aliphatic heterocycles. The number of nitrogens with zero attached hydrogens (tertiary/aromatic N) is 2. The normalized spacial score (nSPS) is 13.6. The Hall–Kier alpha value is -1.98. The molecule has 0 aliphatic carbocycles. The van der Waals surface area contributed by atoms with Crippen molar-refractivity contribution in [1.82, 2.24) is 15.3 Å². The summed E-state index contributed by atoms with van der Waals surface area (Å²) in [5.41, 5.74) is 0.991. The number of aliphatic hydroxyl groups excluding tert-OH is 1. The van der Waals surface area contributed by atoms with Crippen LogP contribution in [0.3, 0.4) is 0 Å². The second kappa shape index (κ2) is 6.45. The van der Waals surface area contributed by atoms with E-state index in [-0.39, 0.29) is 5.15 Å². The second-order valence-corrected chi connectivity index (χ2v) is 4.63. The summed E-state index contributed by atoms with van der Waals surface area (Å²) in [6, 6.07) is 8.26. The molecule has 0 saturated carbocycles. The molecule has 2 rings (SSSR count). The molecule has 0 radical (unpaired) electrons. The fourth-order valence-corrected chi connectivity index (χ4v) is 2.04. The van der Waals surface area contributed by atoms with Crippen LogP contribution >= 0.6 is 11.6 Å². The van der Waals surface area contributed by atoms with E-state index in [1.54, 1.807) is 31.2 Å². The lowest BCUT2D eigenvalue weighted by Gasteiger charge is -2.17. The van der Waals surface area contributed by atoms with Crippen LogP contribution in [0.1, 0.15) is 30.3 Å². The van der Waals surface area contributed by atoms with Crippen molar-refractivity contribution in [3.63, 3.8) is 0 Å². The molecule has 6 heteroatoms. The Morgan fingerprint density at radius 2 is 1.90 bits per heavy atom. The lowest BCUT2D eigenvalue weighted by atomic mass is 10.1. The number of carbonyl (C=O) groups excluding carboxylic acids is 1. The van der Waals surface area contributed by atoms with E-state index < -0.39 is 18.1 Å². The predicted octanol–water partition coefficient (Wildman–Crippen LogP) is 2.04. The third kappa shape index (κ3) is 3.31. The number of rotatable bonds is 4. The Kier molecular flexibility index (Phi) is 4.65. The van der Waals surface area contributed by atoms with Crippen molar-refractivity contribution in [3.05, 3.63) is 59.1 Å². The van der Waals surface area contributed by atoms with Gasteiger partial charge in [0.25, 0.3) is 5.91 Å². The second-order valence-electron chi connectivity index (χ2n) is 4.28. The summed E-state index contributed by atoms with van der Waals surface area (Å²) in [6.07, 6.45) is 1.74. The van der Waals surface area contributed by atoms with Crippen LogP contribution < -0.4 is 5.32 Å². The predicted molar refractivity (Wildman–Crippen MR) is 75.0 cm³/mol. The first-order chi connectivity index (χ1) is 9.59. The van der Waals surface area contributed by atoms with Gasteiger partial charge in [-0.15, -0.1) is 0 Å². The average Bonchev–Trinajstić information content (AvgIpc) is 2.47. The van der Waals surface area contributed by atoms with Gasteiger partial charge in [0.05, 0.1) is 11.7 Å². The highest BCUT2D eigenvalue weighted by molar-refractivity contribution is 6.30. The van der Waals surface area contributed by atoms with Gasteiger partial charge in [-0.3, -0.25) is 9.78 Å². The van der Waals surface area contributed by atoms with Crippen molar-refractivity contribution in [3.8, 4) is 0 Å². The Balaban J connectivity index is 2.07. The molecule has 0 spiro atoms. The number of aliphatic hydroxyl groups is 1. The van der Waals surface area contributed by atoms with Crippen LogP contribution in [-0.2, 0) is 4.79 Å². The topological polar surface area (TPSA) is 75.1 Å². The first-order valence-corrected chi connectivity index (χ1v) is 6.47. The Bertz CT molecular complexity index is 592. The van der Waals surface area contributed by atoms with Crippen LogP contribution in [0.4, 0.5) is 0 Å². The van der Waals surface area contributed by atoms with Crippen LogP contribution in [0.25, 0.3) is 0 Å². The fraction of sp³-hybridized carbons (Fsp3) is 0.214. The van der Waals surface area contributed by atoms with Gasteiger partial charge in [0.1, 0.15) is 0 Å². The largest absolute Gasteiger partial charge is 0.378 e. The minimum Gasteiger partial charge on any atom is -0.378 e. The highest BCUT2D eigenvalue weighted by Crippen LogP contribution is 2.19. The maximum atomic E-state index is 12.0. The van der Waals surface area contributed by atoms with Crippen molar-refractivity contribution in [2.45, 2.75) is 19.1 Å². The number of nitrogens with one attached hydrogen (secondary N) is 1. The highest BCUT2D eigenvalue weighted by atomic mass is 35.5. The van der Waals surface area contributed by atoms with Gasteiger partial charge < -0.3 is 10.4 Å². The number of carbonyl (C=O) groups is 1. The quantitative estimate of drug-likeness (QED) is 0.904. The smallest absolute Gasteiger partial charge is 0.254 e. The molecule has 1 amide bonds. The molecule has 0 unspecified atom stereocenters. The zero-order valence-corrected chi connectivity index (χ0v) is 11.6. The van der Waals surface area contributed by atoms with E-state index in [2.05, 4.69) is 15.3 Å². The van der Waals surface area contributed by atoms with Gasteiger partial charge >= 0.3 is 0 Å². The highest BCUT2D eigenvalue weighted by Gasteiger charge is 2.21. The molecule has 104 valence electrons. The van der Waals surface area contributed by atoms with Crippen molar-refractivity contribution >= 4 is 17.5 Å². The molecular weight excluding hydrogens is 278 g/mol. The van der Waals surface area contributed by atoms with Crippen molar-refractivity contribution in [2.75, 3.05) is 0 Å². The van der Waals surface area contributed by atoms with E-state index in [1.807, 2.05) is 6.07 Å². The van der Waals surface area contributed by atoms with Gasteiger partial charge in [0.2, 0.25) is 0 Å². The van der Waals surface area contributed by atoms with Crippen molar-refractivity contribution in [2.24, 2.45) is 0 Å². The standard InChI is InChI=1S/C14H14ClN3O2/c1-9(11-13(15)17-8-7-16-11)18-14(20)12(19)10-5-3-2-4-6-10/h2-9,12,19H,1H3,(H,18,20)/t9-,12+/m0/s1. The molecule has 2 atom stereocenters. The summed E-state index contributed by atoms with van der Waals surface area (Å²) in [5, 5.41) is 12.9. The number of halogens is 1. The van der Waals surface area contributed by atoms with Gasteiger partial charge in [0, 0.05) is 12.4 Å². The third-order valence-corrected chi connectivity index (χ3v) is 3.10. The monoisotopic (exact) mass is 291 g/mol. The van der Waals surface area contributed by atoms with Gasteiger partial charge in [-0.25, -0.2) is 4.98 Å². The summed E-state index contributed by atoms with van der Waals surface area (Å²) >= 11 is 5.91. The molecule has 2 N–H and O–H groups in total. The molecule has 0 fully saturated rings. The summed E-state index contributed by atoms with van der Waals surface area (Å²) in [4.78, 5) is 20.0. The van der Waals surface area contributed by atoms with Crippen molar-refractivity contribution in [1.29, 1.82) is 0 Å². The lowest BCUT2D eigenvalue weighted by Crippen LogP contribution is -2.32. The molecule has 20 heavy (non-hydrogen) atoms. The zero-order valence-electron chi connectivity index (χ0n) is 10.8. The summed E-state index contributed by atoms with van der Waals surface area (Å²) in [7, 11) is 0. The maximum Gasteiger partial charge on any atom is 0.254 e. The van der Waals surface area contributed by atoms with E-state index in [1.165, 1.54) is 12.4 Å². The van der Waals surface area contributed by atoms with E-state index >= 15 is 0 Å². The molecule has 0 saturated heterocycles. The first-order valence-electron chi connectivity index (χ1n) is 6.09. The first kappa shape index (κ1) is 14.4. The molecule has 1 aromatic carbocycles. The molecule has 1 aromatic heterocycles. The number of hydrogen-bond acceptors (Lipinski definition) is 4. The van der Waals surface area contributed by atoms with Crippen molar-refractivity contribution < 1.29 is 9.90 Å². The van der Waals surface area contributed by atoms with Crippen LogP contribution in [0.2, 0.25) is 5.15 Å². The van der Waals surface area contributed by atoms with Gasteiger partial charge in [0.15, 0.2) is 11.3 Å². The van der Waals surface area contributed by atoms with Crippen LogP contribution in [0.5, 0.6) is 0 Å². The number of benzene rings is 1. The van der Waals surface area contributed by atoms with Gasteiger partial charge in [-0.05, 0) is 12.5 Å². The zero-order chi connectivity index (χ0) is 14.5. The molecule has 0 bridgehead atoms. The van der Waals surface area contributed by atoms with Crippen LogP contribution in [-0.4, -0.2) is 21.0 Å². The molecule has 2 aromatic rings. The maximum absolute atomic E-state index is 12.0. The fourth-order valence-electron chi connectivity index (χ4n) is 1.77. The van der Waals surface area contributed by atoms with E-state index in [0.29, 0.717) is 11.3 Å². The lowest BCUT2D eigenvalue weighted by molar-refractivity contribution is -0.130. The van der Waals surface area contributed by atoms with Gasteiger partial charge in [-0.2, -0.15) is 0 Å². The third-order valence-electron chi connectivity index (χ3n) is 2.81. The number of hydrogen-bond donors (Lipinski definition) is 2. The molecule has 1 heterocycles. The van der Waals surface area contributed by atoms with Gasteiger partial charge in [-0.1, -0.05) is 41.9 Å². The van der Waals surface area contributed by atoms with E-state index in [9.17, 15) is 9.90 Å². The summed E-state index contributed by atoms with van der Waals surface area (Å²) in [5.74, 6) is -0.509. The van der Waals surface area contributed by atoms with Crippen LogP contribution in [0, 0.1) is 0 Å². The van der Waals surface area contributed by atoms with E-state index in [0.717, 1.165) is 0 Å². The number of aromatic nitrogens is 2. The average molecular weight is 292 g/mol. The minimum atomic E-state index is -1.23. The Morgan fingerprint density at radius 1 is 1.25 bits per heavy atom. The molecular formula is C14H14ClN3O2. The SMILES string of the molecule is C[C@H](NC(=O)[C@H](O)c1ccccc1)c1nccnc1Cl.